The van der Waals surface area contributed by atoms with Gasteiger partial charge in [-0.2, -0.15) is 0 Å². The smallest absolute Gasteiger partial charge is 0.239 e. The lowest BCUT2D eigenvalue weighted by Gasteiger charge is -2.29. The van der Waals surface area contributed by atoms with Crippen molar-refractivity contribution in [2.75, 3.05) is 33.4 Å². The Balaban J connectivity index is 0.00000288. The number of ether oxygens (including phenoxy) is 1. The van der Waals surface area contributed by atoms with Crippen LogP contribution in [0.25, 0.3) is 0 Å². The van der Waals surface area contributed by atoms with E-state index in [1.54, 1.807) is 12.1 Å². The second-order valence-electron chi connectivity index (χ2n) is 5.70. The van der Waals surface area contributed by atoms with Crippen LogP contribution in [0.2, 0.25) is 5.02 Å². The van der Waals surface area contributed by atoms with Crippen molar-refractivity contribution < 1.29 is 13.9 Å². The number of hydrogen-bond donors (Lipinski definition) is 2. The Hall–Kier alpha value is -0.630. The number of carbonyl (C=O) groups is 1. The molecule has 2 unspecified atom stereocenters. The SMILES string of the molecule is COCC(N)C(=O)NCC(c1c(F)cccc1Cl)N1CCCC1.Cl.Cl. The Bertz CT molecular complexity index is 525. The number of nitrogens with one attached hydrogen (secondary N) is 1. The minimum atomic E-state index is -0.740. The van der Waals surface area contributed by atoms with E-state index in [4.69, 9.17) is 22.1 Å². The van der Waals surface area contributed by atoms with Crippen molar-refractivity contribution in [2.24, 2.45) is 5.73 Å². The second-order valence-corrected chi connectivity index (χ2v) is 6.11. The van der Waals surface area contributed by atoms with Crippen LogP contribution in [0, 0.1) is 5.82 Å². The van der Waals surface area contributed by atoms with Crippen LogP contribution in [-0.4, -0.2) is 50.2 Å². The van der Waals surface area contributed by atoms with E-state index in [0.717, 1.165) is 25.9 Å². The molecule has 0 bridgehead atoms. The first-order chi connectivity index (χ1) is 11.0. The minimum Gasteiger partial charge on any atom is -0.383 e. The number of likely N-dealkylation sites (tertiary alicyclic amines) is 1. The van der Waals surface area contributed by atoms with Crippen LogP contribution in [-0.2, 0) is 9.53 Å². The summed E-state index contributed by atoms with van der Waals surface area (Å²) in [5.41, 5.74) is 6.14. The molecule has 1 aliphatic heterocycles. The molecule has 5 nitrogen and oxygen atoms in total. The van der Waals surface area contributed by atoms with E-state index in [1.165, 1.54) is 13.2 Å². The molecule has 1 aromatic rings. The highest BCUT2D eigenvalue weighted by Crippen LogP contribution is 2.31. The fourth-order valence-electron chi connectivity index (χ4n) is 2.88. The third-order valence-electron chi connectivity index (χ3n) is 4.07. The van der Waals surface area contributed by atoms with Gasteiger partial charge in [0.1, 0.15) is 11.9 Å². The summed E-state index contributed by atoms with van der Waals surface area (Å²) in [5, 5.41) is 3.16. The van der Waals surface area contributed by atoms with Gasteiger partial charge in [0.15, 0.2) is 0 Å². The van der Waals surface area contributed by atoms with Gasteiger partial charge in [0.2, 0.25) is 5.91 Å². The van der Waals surface area contributed by atoms with E-state index in [0.29, 0.717) is 10.6 Å². The first-order valence-corrected chi connectivity index (χ1v) is 8.12. The molecule has 0 aromatic heterocycles. The van der Waals surface area contributed by atoms with Crippen LogP contribution in [0.3, 0.4) is 0 Å². The van der Waals surface area contributed by atoms with Gasteiger partial charge in [0.25, 0.3) is 0 Å². The molecule has 0 saturated carbocycles. The van der Waals surface area contributed by atoms with Gasteiger partial charge >= 0.3 is 0 Å². The molecule has 1 aliphatic rings. The molecule has 0 aliphatic carbocycles. The maximum Gasteiger partial charge on any atom is 0.239 e. The third-order valence-corrected chi connectivity index (χ3v) is 4.40. The Morgan fingerprint density at radius 2 is 2.04 bits per heavy atom. The lowest BCUT2D eigenvalue weighted by Crippen LogP contribution is -2.46. The molecule has 25 heavy (non-hydrogen) atoms. The van der Waals surface area contributed by atoms with E-state index in [-0.39, 0.29) is 55.7 Å². The van der Waals surface area contributed by atoms with Crippen LogP contribution in [0.4, 0.5) is 4.39 Å². The highest BCUT2D eigenvalue weighted by molar-refractivity contribution is 6.31. The number of hydrogen-bond acceptors (Lipinski definition) is 4. The summed E-state index contributed by atoms with van der Waals surface area (Å²) < 4.78 is 19.2. The normalized spacial score (nSPS) is 16.5. The van der Waals surface area contributed by atoms with Crippen molar-refractivity contribution in [2.45, 2.75) is 24.9 Å². The number of nitrogens with two attached hydrogens (primary N) is 1. The van der Waals surface area contributed by atoms with E-state index in [2.05, 4.69) is 10.2 Å². The number of benzene rings is 1. The van der Waals surface area contributed by atoms with Crippen molar-refractivity contribution in [1.29, 1.82) is 0 Å². The standard InChI is InChI=1S/C16H23ClFN3O2.2ClH/c1-23-10-13(19)16(22)20-9-14(21-7-2-3-8-21)15-11(17)5-4-6-12(15)18;;/h4-6,13-14H,2-3,7-10,19H2,1H3,(H,20,22);2*1H. The van der Waals surface area contributed by atoms with Crippen molar-refractivity contribution >= 4 is 42.3 Å². The monoisotopic (exact) mass is 415 g/mol. The van der Waals surface area contributed by atoms with Crippen LogP contribution in [0.1, 0.15) is 24.4 Å². The van der Waals surface area contributed by atoms with Crippen molar-refractivity contribution in [3.05, 3.63) is 34.6 Å². The number of halogens is 4. The van der Waals surface area contributed by atoms with Crippen LogP contribution >= 0.6 is 36.4 Å². The fourth-order valence-corrected chi connectivity index (χ4v) is 3.17. The van der Waals surface area contributed by atoms with E-state index >= 15 is 0 Å². The van der Waals surface area contributed by atoms with Gasteiger partial charge in [-0.3, -0.25) is 9.69 Å². The summed E-state index contributed by atoms with van der Waals surface area (Å²) in [6.45, 7) is 2.11. The van der Waals surface area contributed by atoms with Gasteiger partial charge in [-0.25, -0.2) is 4.39 Å². The molecular formula is C16H25Cl3FN3O2. The lowest BCUT2D eigenvalue weighted by atomic mass is 10.0. The largest absolute Gasteiger partial charge is 0.383 e. The summed E-state index contributed by atoms with van der Waals surface area (Å²) in [7, 11) is 1.49. The summed E-state index contributed by atoms with van der Waals surface area (Å²) in [6, 6.07) is 3.60. The highest BCUT2D eigenvalue weighted by Gasteiger charge is 2.28. The summed E-state index contributed by atoms with van der Waals surface area (Å²) in [5.74, 6) is -0.673. The Morgan fingerprint density at radius 1 is 1.40 bits per heavy atom. The van der Waals surface area contributed by atoms with Gasteiger partial charge in [0.05, 0.1) is 12.6 Å². The predicted octanol–water partition coefficient (Wildman–Crippen LogP) is 2.55. The maximum atomic E-state index is 14.3. The number of methoxy groups -OCH3 is 1. The van der Waals surface area contributed by atoms with E-state index < -0.39 is 6.04 Å². The number of amides is 1. The highest BCUT2D eigenvalue weighted by atomic mass is 35.5. The van der Waals surface area contributed by atoms with E-state index in [1.807, 2.05) is 0 Å². The van der Waals surface area contributed by atoms with Gasteiger partial charge in [-0.05, 0) is 38.1 Å². The second kappa shape index (κ2) is 11.9. The zero-order valence-corrected chi connectivity index (χ0v) is 16.4. The first-order valence-electron chi connectivity index (χ1n) is 7.74. The molecule has 3 N–H and O–H groups in total. The zero-order chi connectivity index (χ0) is 16.8. The quantitative estimate of drug-likeness (QED) is 0.717. The molecule has 144 valence electrons. The average molecular weight is 417 g/mol. The molecule has 9 heteroatoms. The van der Waals surface area contributed by atoms with Gasteiger partial charge in [-0.1, -0.05) is 17.7 Å². The maximum absolute atomic E-state index is 14.3. The Labute approximate surface area is 165 Å². The molecule has 0 radical (unpaired) electrons. The molecule has 1 amide bonds. The molecule has 1 aromatic carbocycles. The molecule has 2 rings (SSSR count). The Morgan fingerprint density at radius 3 is 2.60 bits per heavy atom. The lowest BCUT2D eigenvalue weighted by molar-refractivity contribution is -0.123. The zero-order valence-electron chi connectivity index (χ0n) is 14.0. The number of carbonyl (C=O) groups excluding carboxylic acids is 1. The van der Waals surface area contributed by atoms with Crippen LogP contribution in [0.15, 0.2) is 18.2 Å². The molecule has 1 saturated heterocycles. The van der Waals surface area contributed by atoms with Crippen LogP contribution < -0.4 is 11.1 Å². The van der Waals surface area contributed by atoms with Crippen molar-refractivity contribution in [3.63, 3.8) is 0 Å². The molecular weight excluding hydrogens is 392 g/mol. The first kappa shape index (κ1) is 24.4. The summed E-state index contributed by atoms with van der Waals surface area (Å²) in [4.78, 5) is 14.1. The van der Waals surface area contributed by atoms with Crippen LogP contribution in [0.5, 0.6) is 0 Å². The molecule has 1 heterocycles. The van der Waals surface area contributed by atoms with Gasteiger partial charge < -0.3 is 15.8 Å². The third kappa shape index (κ3) is 6.55. The molecule has 2 atom stereocenters. The molecule has 1 fully saturated rings. The minimum absolute atomic E-state index is 0. The topological polar surface area (TPSA) is 67.6 Å². The fraction of sp³-hybridized carbons (Fsp3) is 0.562. The summed E-state index contributed by atoms with van der Waals surface area (Å²) in [6.07, 6.45) is 2.11. The summed E-state index contributed by atoms with van der Waals surface area (Å²) >= 11 is 6.21. The molecule has 0 spiro atoms. The van der Waals surface area contributed by atoms with Gasteiger partial charge in [0, 0.05) is 24.2 Å². The number of nitrogens with zero attached hydrogens (tertiary/aromatic N) is 1. The Kier molecular flexibility index (Phi) is 11.6. The van der Waals surface area contributed by atoms with Gasteiger partial charge in [-0.15, -0.1) is 24.8 Å². The average Bonchev–Trinajstić information content (AvgIpc) is 3.04. The predicted molar refractivity (Wildman–Crippen MR) is 102 cm³/mol. The van der Waals surface area contributed by atoms with E-state index in [9.17, 15) is 9.18 Å². The van der Waals surface area contributed by atoms with Crippen molar-refractivity contribution in [1.82, 2.24) is 10.2 Å². The number of rotatable bonds is 7. The van der Waals surface area contributed by atoms with Crippen molar-refractivity contribution in [3.8, 4) is 0 Å².